The van der Waals surface area contributed by atoms with E-state index < -0.39 is 0 Å². The van der Waals surface area contributed by atoms with Crippen LogP contribution in [0.2, 0.25) is 0 Å². The van der Waals surface area contributed by atoms with Crippen molar-refractivity contribution in [2.45, 2.75) is 103 Å². The fourth-order valence-corrected chi connectivity index (χ4v) is 9.74. The Kier molecular flexibility index (Phi) is 12.4. The molecule has 3 aromatic carbocycles. The third kappa shape index (κ3) is 9.01. The van der Waals surface area contributed by atoms with Crippen molar-refractivity contribution in [3.05, 3.63) is 126 Å². The second-order valence-corrected chi connectivity index (χ2v) is 16.9. The van der Waals surface area contributed by atoms with Gasteiger partial charge in [0, 0.05) is 50.4 Å². The van der Waals surface area contributed by atoms with E-state index in [1.54, 1.807) is 12.1 Å². The van der Waals surface area contributed by atoms with Gasteiger partial charge in [0.05, 0.1) is 16.6 Å². The van der Waals surface area contributed by atoms with Gasteiger partial charge in [-0.25, -0.2) is 4.39 Å². The minimum absolute atomic E-state index is 0.0952. The molecule has 2 aliphatic heterocycles. The van der Waals surface area contributed by atoms with Crippen LogP contribution in [0.1, 0.15) is 95.1 Å². The summed E-state index contributed by atoms with van der Waals surface area (Å²) in [5, 5.41) is 2.18. The number of pyridine rings is 2. The molecule has 0 atom stereocenters. The van der Waals surface area contributed by atoms with Gasteiger partial charge in [-0.3, -0.25) is 19.3 Å². The summed E-state index contributed by atoms with van der Waals surface area (Å²) in [5.41, 5.74) is 9.30. The smallest absolute Gasteiger partial charge is 0.261 e. The van der Waals surface area contributed by atoms with Crippen molar-refractivity contribution in [1.29, 1.82) is 0 Å². The second kappa shape index (κ2) is 18.0. The summed E-state index contributed by atoms with van der Waals surface area (Å²) in [5.74, 6) is -0.197. The number of rotatable bonds is 11. The number of carbonyl (C=O) groups excluding carboxylic acids is 1. The zero-order valence-corrected chi connectivity index (χ0v) is 33.7. The Hall–Kier alpha value is -4.44. The molecule has 4 heterocycles. The summed E-state index contributed by atoms with van der Waals surface area (Å²) in [7, 11) is 1.96. The third-order valence-corrected chi connectivity index (χ3v) is 12.9. The van der Waals surface area contributed by atoms with Crippen LogP contribution in [-0.4, -0.2) is 76.4 Å². The number of aromatic nitrogens is 2. The molecule has 0 N–H and O–H groups in total. The number of nitrogens with zero attached hydrogens (tertiary/aromatic N) is 5. The molecule has 0 radical (unpaired) electrons. The molecule has 0 saturated carbocycles. The number of piperidine rings is 2. The predicted octanol–water partition coefficient (Wildman–Crippen LogP) is 7.54. The van der Waals surface area contributed by atoms with Gasteiger partial charge in [0.1, 0.15) is 5.82 Å². The summed E-state index contributed by atoms with van der Waals surface area (Å²) in [6.07, 6.45) is 15.2. The lowest BCUT2D eigenvalue weighted by atomic mass is 10.0. The van der Waals surface area contributed by atoms with E-state index in [0.29, 0.717) is 31.5 Å². The van der Waals surface area contributed by atoms with E-state index in [1.807, 2.05) is 33.2 Å². The normalized spacial score (nSPS) is 17.2. The summed E-state index contributed by atoms with van der Waals surface area (Å²) >= 11 is 0. The molecular formula is C48H58FN5O3. The van der Waals surface area contributed by atoms with E-state index in [4.69, 9.17) is 0 Å². The number of carbonyl (C=O) groups is 1. The van der Waals surface area contributed by atoms with Crippen LogP contribution >= 0.6 is 0 Å². The standard InChI is InChI=1S/C28H34FN3O.C20H24N2O2/c1-30(19-23-8-3-4-11-26(23)29)20-25-17-24-16-21-9-7-10-22(21)18-27(24)32(28(25)33)15-14-31-12-5-2-6-13-31;23-14-18-12-17-11-15-5-4-6-16(15)13-19(17)22(20(18)24)10-9-21-7-2-1-3-8-21/h3-4,8,11,16-18H,2,5-7,9-10,12-15,19-20H2,1H3;11-14H,1-10H2. The highest BCUT2D eigenvalue weighted by Crippen LogP contribution is 2.29. The third-order valence-electron chi connectivity index (χ3n) is 12.9. The maximum absolute atomic E-state index is 14.1. The number of halogens is 1. The van der Waals surface area contributed by atoms with Gasteiger partial charge in [-0.15, -0.1) is 0 Å². The molecule has 9 heteroatoms. The first-order valence-electron chi connectivity index (χ1n) is 21.5. The van der Waals surface area contributed by atoms with Gasteiger partial charge in [0.25, 0.3) is 11.1 Å². The fourth-order valence-electron chi connectivity index (χ4n) is 9.74. The number of aryl methyl sites for hydroxylation is 4. The molecule has 8 nitrogen and oxygen atoms in total. The molecule has 2 saturated heterocycles. The Morgan fingerprint density at radius 2 is 1.07 bits per heavy atom. The van der Waals surface area contributed by atoms with Crippen LogP contribution in [0.3, 0.4) is 0 Å². The van der Waals surface area contributed by atoms with Crippen molar-refractivity contribution >= 4 is 28.1 Å². The molecule has 0 spiro atoms. The molecule has 0 unspecified atom stereocenters. The molecule has 2 aliphatic carbocycles. The van der Waals surface area contributed by atoms with Gasteiger partial charge in [-0.2, -0.15) is 0 Å². The van der Waals surface area contributed by atoms with Crippen molar-refractivity contribution in [3.8, 4) is 0 Å². The van der Waals surface area contributed by atoms with Crippen LogP contribution in [0.25, 0.3) is 21.8 Å². The largest absolute Gasteiger partial charge is 0.307 e. The Balaban J connectivity index is 0.000000168. The highest BCUT2D eigenvalue weighted by molar-refractivity contribution is 5.87. The van der Waals surface area contributed by atoms with Crippen molar-refractivity contribution < 1.29 is 9.18 Å². The van der Waals surface area contributed by atoms with Gasteiger partial charge in [0.15, 0.2) is 6.29 Å². The fraction of sp³-hybridized carbons (Fsp3) is 0.479. The first kappa shape index (κ1) is 39.4. The first-order valence-corrected chi connectivity index (χ1v) is 21.5. The number of likely N-dealkylation sites (tertiary alicyclic amines) is 2. The van der Waals surface area contributed by atoms with E-state index in [1.165, 1.54) is 79.7 Å². The zero-order chi connectivity index (χ0) is 39.3. The Morgan fingerprint density at radius 3 is 1.61 bits per heavy atom. The lowest BCUT2D eigenvalue weighted by molar-refractivity contribution is 0.112. The van der Waals surface area contributed by atoms with E-state index in [0.717, 1.165) is 98.9 Å². The molecule has 0 amide bonds. The maximum Gasteiger partial charge on any atom is 0.261 e. The number of hydrogen-bond donors (Lipinski definition) is 0. The average Bonchev–Trinajstić information content (AvgIpc) is 3.90. The maximum atomic E-state index is 14.1. The summed E-state index contributed by atoms with van der Waals surface area (Å²) in [4.78, 5) is 44.7. The minimum Gasteiger partial charge on any atom is -0.307 e. The SMILES string of the molecule is CN(Cc1ccccc1F)Cc1cc2cc3c(cc2n(CCN2CCCCC2)c1=O)CCC3.O=Cc1cc2cc3c(cc2n(CCN2CCCCC2)c1=O)CCC3. The highest BCUT2D eigenvalue weighted by atomic mass is 19.1. The molecular weight excluding hydrogens is 714 g/mol. The molecule has 4 aliphatic rings. The van der Waals surface area contributed by atoms with Gasteiger partial charge in [-0.05, 0) is 173 Å². The van der Waals surface area contributed by atoms with Crippen molar-refractivity contribution in [1.82, 2.24) is 23.8 Å². The number of benzene rings is 3. The van der Waals surface area contributed by atoms with Crippen molar-refractivity contribution in [3.63, 3.8) is 0 Å². The van der Waals surface area contributed by atoms with Gasteiger partial charge in [-0.1, -0.05) is 31.0 Å². The van der Waals surface area contributed by atoms with Crippen LogP contribution < -0.4 is 11.1 Å². The molecule has 300 valence electrons. The monoisotopic (exact) mass is 771 g/mol. The van der Waals surface area contributed by atoms with E-state index >= 15 is 0 Å². The summed E-state index contributed by atoms with van der Waals surface area (Å²) < 4.78 is 18.0. The van der Waals surface area contributed by atoms with E-state index in [-0.39, 0.29) is 22.5 Å². The van der Waals surface area contributed by atoms with Gasteiger partial charge < -0.3 is 18.9 Å². The highest BCUT2D eigenvalue weighted by Gasteiger charge is 2.20. The minimum atomic E-state index is -0.197. The van der Waals surface area contributed by atoms with Crippen LogP contribution in [-0.2, 0) is 51.9 Å². The average molecular weight is 772 g/mol. The van der Waals surface area contributed by atoms with Crippen molar-refractivity contribution in [2.24, 2.45) is 0 Å². The Bertz CT molecular complexity index is 2350. The zero-order valence-electron chi connectivity index (χ0n) is 33.7. The molecule has 2 aromatic heterocycles. The Labute approximate surface area is 335 Å². The van der Waals surface area contributed by atoms with Crippen LogP contribution in [0.15, 0.2) is 70.3 Å². The molecule has 0 bridgehead atoms. The second-order valence-electron chi connectivity index (χ2n) is 16.9. The molecule has 2 fully saturated rings. The number of hydrogen-bond acceptors (Lipinski definition) is 6. The predicted molar refractivity (Wildman–Crippen MR) is 228 cm³/mol. The number of aldehydes is 1. The van der Waals surface area contributed by atoms with Crippen LogP contribution in [0.5, 0.6) is 0 Å². The van der Waals surface area contributed by atoms with Gasteiger partial charge in [0.2, 0.25) is 0 Å². The Morgan fingerprint density at radius 1 is 0.579 bits per heavy atom. The lowest BCUT2D eigenvalue weighted by Crippen LogP contribution is -2.36. The molecule has 5 aromatic rings. The van der Waals surface area contributed by atoms with E-state index in [2.05, 4.69) is 40.1 Å². The van der Waals surface area contributed by atoms with Crippen LogP contribution in [0.4, 0.5) is 4.39 Å². The lowest BCUT2D eigenvalue weighted by Gasteiger charge is -2.27. The summed E-state index contributed by atoms with van der Waals surface area (Å²) in [6.45, 7) is 8.67. The van der Waals surface area contributed by atoms with Crippen LogP contribution in [0, 0.1) is 5.82 Å². The molecule has 57 heavy (non-hydrogen) atoms. The van der Waals surface area contributed by atoms with Gasteiger partial charge >= 0.3 is 0 Å². The topological polar surface area (TPSA) is 70.8 Å². The quantitative estimate of drug-likeness (QED) is 0.129. The van der Waals surface area contributed by atoms with E-state index in [9.17, 15) is 18.8 Å². The number of fused-ring (bicyclic) bond motifs is 4. The van der Waals surface area contributed by atoms with Crippen molar-refractivity contribution in [2.75, 3.05) is 46.3 Å². The first-order chi connectivity index (χ1) is 27.8. The molecule has 9 rings (SSSR count). The summed E-state index contributed by atoms with van der Waals surface area (Å²) in [6, 6.07) is 19.6.